The molecule has 0 saturated heterocycles. The zero-order valence-electron chi connectivity index (χ0n) is 11.8. The normalized spacial score (nSPS) is 29.4. The summed E-state index contributed by atoms with van der Waals surface area (Å²) in [6, 6.07) is 9.48. The summed E-state index contributed by atoms with van der Waals surface area (Å²) in [6.07, 6.45) is 5.29. The summed E-state index contributed by atoms with van der Waals surface area (Å²) in [4.78, 5) is 12.0. The van der Waals surface area contributed by atoms with Crippen LogP contribution in [0.25, 0.3) is 0 Å². The molecule has 2 aliphatic rings. The second-order valence-corrected chi connectivity index (χ2v) is 6.37. The SMILES string of the molecule is O=C(C[C@H]1C[C@H]2CC[C@H]1C2)NC[C@H](O)c1ccccc1. The molecule has 3 heteroatoms. The number of hydrogen-bond acceptors (Lipinski definition) is 2. The Kier molecular flexibility index (Phi) is 4.06. The molecule has 0 heterocycles. The fraction of sp³-hybridized carbons (Fsp3) is 0.588. The summed E-state index contributed by atoms with van der Waals surface area (Å²) >= 11 is 0. The van der Waals surface area contributed by atoms with Gasteiger partial charge < -0.3 is 10.4 Å². The van der Waals surface area contributed by atoms with Crippen LogP contribution in [0.15, 0.2) is 30.3 Å². The molecule has 0 radical (unpaired) electrons. The second-order valence-electron chi connectivity index (χ2n) is 6.37. The fourth-order valence-electron chi connectivity index (χ4n) is 3.94. The number of aliphatic hydroxyl groups is 1. The van der Waals surface area contributed by atoms with Crippen LogP contribution >= 0.6 is 0 Å². The Labute approximate surface area is 120 Å². The number of carbonyl (C=O) groups is 1. The van der Waals surface area contributed by atoms with E-state index >= 15 is 0 Å². The van der Waals surface area contributed by atoms with Gasteiger partial charge in [-0.15, -0.1) is 0 Å². The monoisotopic (exact) mass is 273 g/mol. The summed E-state index contributed by atoms with van der Waals surface area (Å²) in [6.45, 7) is 0.309. The molecule has 3 nitrogen and oxygen atoms in total. The molecule has 0 aromatic heterocycles. The first-order chi connectivity index (χ1) is 9.72. The summed E-state index contributed by atoms with van der Waals surface area (Å²) in [5.74, 6) is 2.35. The highest BCUT2D eigenvalue weighted by molar-refractivity contribution is 5.76. The van der Waals surface area contributed by atoms with Crippen molar-refractivity contribution in [2.45, 2.75) is 38.2 Å². The van der Waals surface area contributed by atoms with Crippen LogP contribution in [-0.4, -0.2) is 17.6 Å². The summed E-state index contributed by atoms with van der Waals surface area (Å²) in [5.41, 5.74) is 0.854. The Hall–Kier alpha value is -1.35. The van der Waals surface area contributed by atoms with E-state index in [0.717, 1.165) is 17.4 Å². The van der Waals surface area contributed by atoms with Crippen molar-refractivity contribution in [2.75, 3.05) is 6.54 Å². The number of benzene rings is 1. The summed E-state index contributed by atoms with van der Waals surface area (Å²) in [7, 11) is 0. The molecule has 1 aromatic rings. The van der Waals surface area contributed by atoms with Crippen LogP contribution < -0.4 is 5.32 Å². The molecule has 2 N–H and O–H groups in total. The summed E-state index contributed by atoms with van der Waals surface area (Å²) < 4.78 is 0. The first kappa shape index (κ1) is 13.6. The molecule has 3 rings (SSSR count). The number of aliphatic hydroxyl groups excluding tert-OH is 1. The molecule has 0 spiro atoms. The van der Waals surface area contributed by atoms with Gasteiger partial charge in [0.25, 0.3) is 0 Å². The van der Waals surface area contributed by atoms with Gasteiger partial charge in [0.15, 0.2) is 0 Å². The number of hydrogen-bond donors (Lipinski definition) is 2. The van der Waals surface area contributed by atoms with Gasteiger partial charge >= 0.3 is 0 Å². The van der Waals surface area contributed by atoms with Crippen LogP contribution in [0.1, 0.15) is 43.8 Å². The maximum absolute atomic E-state index is 12.0. The number of nitrogens with one attached hydrogen (secondary N) is 1. The Morgan fingerprint density at radius 3 is 2.70 bits per heavy atom. The Morgan fingerprint density at radius 1 is 1.25 bits per heavy atom. The molecule has 4 atom stereocenters. The standard InChI is InChI=1S/C17H23NO2/c19-16(13-4-2-1-3-5-13)11-18-17(20)10-15-9-12-6-7-14(15)8-12/h1-5,12,14-16,19H,6-11H2,(H,18,20)/t12-,14-,15+,16-/m0/s1. The minimum absolute atomic E-state index is 0.0949. The van der Waals surface area contributed by atoms with Crippen LogP contribution in [0.5, 0.6) is 0 Å². The lowest BCUT2D eigenvalue weighted by molar-refractivity contribution is -0.122. The molecule has 20 heavy (non-hydrogen) atoms. The molecule has 2 fully saturated rings. The maximum Gasteiger partial charge on any atom is 0.220 e. The van der Waals surface area contributed by atoms with E-state index in [9.17, 15) is 9.90 Å². The van der Waals surface area contributed by atoms with E-state index in [0.29, 0.717) is 18.9 Å². The van der Waals surface area contributed by atoms with E-state index in [4.69, 9.17) is 0 Å². The van der Waals surface area contributed by atoms with Gasteiger partial charge in [-0.1, -0.05) is 36.8 Å². The average molecular weight is 273 g/mol. The van der Waals surface area contributed by atoms with Crippen LogP contribution in [0.3, 0.4) is 0 Å². The van der Waals surface area contributed by atoms with Gasteiger partial charge in [0.2, 0.25) is 5.91 Å². The molecule has 1 aromatic carbocycles. The van der Waals surface area contributed by atoms with E-state index < -0.39 is 6.10 Å². The van der Waals surface area contributed by atoms with Crippen LogP contribution in [0.4, 0.5) is 0 Å². The molecule has 2 aliphatic carbocycles. The lowest BCUT2D eigenvalue weighted by Gasteiger charge is -2.21. The van der Waals surface area contributed by atoms with Crippen LogP contribution in [0, 0.1) is 17.8 Å². The van der Waals surface area contributed by atoms with Crippen LogP contribution in [-0.2, 0) is 4.79 Å². The van der Waals surface area contributed by atoms with Crippen molar-refractivity contribution in [1.29, 1.82) is 0 Å². The van der Waals surface area contributed by atoms with Crippen molar-refractivity contribution >= 4 is 5.91 Å². The third-order valence-corrected chi connectivity index (χ3v) is 5.01. The predicted octanol–water partition coefficient (Wildman–Crippen LogP) is 2.66. The molecular formula is C17H23NO2. The number of fused-ring (bicyclic) bond motifs is 2. The van der Waals surface area contributed by atoms with Gasteiger partial charge in [0.1, 0.15) is 0 Å². The van der Waals surface area contributed by atoms with E-state index in [1.165, 1.54) is 25.7 Å². The third-order valence-electron chi connectivity index (χ3n) is 5.01. The van der Waals surface area contributed by atoms with Gasteiger partial charge in [0.05, 0.1) is 6.10 Å². The zero-order chi connectivity index (χ0) is 13.9. The van der Waals surface area contributed by atoms with Gasteiger partial charge in [0, 0.05) is 13.0 Å². The van der Waals surface area contributed by atoms with Gasteiger partial charge in [-0.05, 0) is 42.6 Å². The summed E-state index contributed by atoms with van der Waals surface area (Å²) in [5, 5.41) is 12.9. The highest BCUT2D eigenvalue weighted by Crippen LogP contribution is 2.49. The average Bonchev–Trinajstić information content (AvgIpc) is 3.08. The molecule has 108 valence electrons. The van der Waals surface area contributed by atoms with E-state index in [1.54, 1.807) is 0 Å². The van der Waals surface area contributed by atoms with Gasteiger partial charge in [-0.25, -0.2) is 0 Å². The van der Waals surface area contributed by atoms with E-state index in [1.807, 2.05) is 30.3 Å². The molecular weight excluding hydrogens is 250 g/mol. The molecule has 2 saturated carbocycles. The minimum Gasteiger partial charge on any atom is -0.387 e. The number of rotatable bonds is 5. The topological polar surface area (TPSA) is 49.3 Å². The minimum atomic E-state index is -0.611. The number of carbonyl (C=O) groups excluding carboxylic acids is 1. The highest BCUT2D eigenvalue weighted by Gasteiger charge is 2.40. The molecule has 0 unspecified atom stereocenters. The first-order valence-corrected chi connectivity index (χ1v) is 7.72. The van der Waals surface area contributed by atoms with E-state index in [2.05, 4.69) is 5.32 Å². The molecule has 2 bridgehead atoms. The lowest BCUT2D eigenvalue weighted by atomic mass is 9.86. The fourth-order valence-corrected chi connectivity index (χ4v) is 3.94. The molecule has 0 aliphatic heterocycles. The van der Waals surface area contributed by atoms with Crippen molar-refractivity contribution in [2.24, 2.45) is 17.8 Å². The van der Waals surface area contributed by atoms with Crippen molar-refractivity contribution in [3.63, 3.8) is 0 Å². The predicted molar refractivity (Wildman–Crippen MR) is 78.0 cm³/mol. The quantitative estimate of drug-likeness (QED) is 0.866. The largest absolute Gasteiger partial charge is 0.387 e. The van der Waals surface area contributed by atoms with Gasteiger partial charge in [-0.2, -0.15) is 0 Å². The smallest absolute Gasteiger partial charge is 0.220 e. The maximum atomic E-state index is 12.0. The lowest BCUT2D eigenvalue weighted by Crippen LogP contribution is -2.30. The van der Waals surface area contributed by atoms with Crippen molar-refractivity contribution in [3.8, 4) is 0 Å². The zero-order valence-corrected chi connectivity index (χ0v) is 11.8. The van der Waals surface area contributed by atoms with Crippen LogP contribution in [0.2, 0.25) is 0 Å². The van der Waals surface area contributed by atoms with Crippen molar-refractivity contribution in [3.05, 3.63) is 35.9 Å². The second kappa shape index (κ2) is 5.96. The van der Waals surface area contributed by atoms with Crippen molar-refractivity contribution < 1.29 is 9.90 Å². The Balaban J connectivity index is 1.43. The highest BCUT2D eigenvalue weighted by atomic mass is 16.3. The third kappa shape index (κ3) is 3.04. The van der Waals surface area contributed by atoms with Crippen molar-refractivity contribution in [1.82, 2.24) is 5.32 Å². The Morgan fingerprint density at radius 2 is 2.05 bits per heavy atom. The van der Waals surface area contributed by atoms with Gasteiger partial charge in [-0.3, -0.25) is 4.79 Å². The molecule has 1 amide bonds. The number of amides is 1. The Bertz CT molecular complexity index is 459. The first-order valence-electron chi connectivity index (χ1n) is 7.72. The van der Waals surface area contributed by atoms with E-state index in [-0.39, 0.29) is 5.91 Å².